The van der Waals surface area contributed by atoms with Crippen molar-refractivity contribution in [3.8, 4) is 16.9 Å². The Bertz CT molecular complexity index is 607. The molecule has 1 aromatic carbocycles. The SMILES string of the molecule is Nc1oncc1-c1cc2c(c(Br)c1O)CCCC2. The Kier molecular flexibility index (Phi) is 2.78. The predicted octanol–water partition coefficient (Wildman–Crippen LogP) is 3.27. The van der Waals surface area contributed by atoms with Crippen molar-refractivity contribution in [2.24, 2.45) is 0 Å². The molecule has 1 aliphatic rings. The molecule has 1 heterocycles. The highest BCUT2D eigenvalue weighted by Crippen LogP contribution is 2.43. The van der Waals surface area contributed by atoms with Crippen LogP contribution >= 0.6 is 15.9 Å². The van der Waals surface area contributed by atoms with E-state index in [0.717, 1.165) is 17.3 Å². The first-order valence-corrected chi connectivity index (χ1v) is 6.71. The summed E-state index contributed by atoms with van der Waals surface area (Å²) in [5.74, 6) is 0.443. The fourth-order valence-electron chi connectivity index (χ4n) is 2.50. The molecular formula is C13H13BrN2O2. The molecule has 0 radical (unpaired) electrons. The molecule has 4 nitrogen and oxygen atoms in total. The van der Waals surface area contributed by atoms with Gasteiger partial charge in [0.25, 0.3) is 0 Å². The monoisotopic (exact) mass is 308 g/mol. The van der Waals surface area contributed by atoms with Gasteiger partial charge in [-0.05, 0) is 58.8 Å². The van der Waals surface area contributed by atoms with Crippen LogP contribution in [0.1, 0.15) is 24.0 Å². The summed E-state index contributed by atoms with van der Waals surface area (Å²) in [4.78, 5) is 0. The molecule has 0 bridgehead atoms. The molecule has 0 unspecified atom stereocenters. The topological polar surface area (TPSA) is 72.3 Å². The Labute approximate surface area is 113 Å². The van der Waals surface area contributed by atoms with Crippen LogP contribution in [0.2, 0.25) is 0 Å². The van der Waals surface area contributed by atoms with Crippen LogP contribution < -0.4 is 5.73 Å². The molecule has 1 aromatic heterocycles. The minimum Gasteiger partial charge on any atom is -0.506 e. The number of hydrogen-bond donors (Lipinski definition) is 2. The first-order valence-electron chi connectivity index (χ1n) is 5.92. The summed E-state index contributed by atoms with van der Waals surface area (Å²) in [6, 6.07) is 2.00. The lowest BCUT2D eigenvalue weighted by Crippen LogP contribution is -2.04. The fraction of sp³-hybridized carbons (Fsp3) is 0.308. The molecule has 0 saturated carbocycles. The number of nitrogens with two attached hydrogens (primary N) is 1. The van der Waals surface area contributed by atoms with E-state index in [-0.39, 0.29) is 11.6 Å². The van der Waals surface area contributed by atoms with E-state index in [4.69, 9.17) is 10.3 Å². The van der Waals surface area contributed by atoms with Gasteiger partial charge in [0, 0.05) is 5.56 Å². The number of phenols is 1. The van der Waals surface area contributed by atoms with Crippen molar-refractivity contribution in [1.29, 1.82) is 0 Å². The average molecular weight is 309 g/mol. The van der Waals surface area contributed by atoms with E-state index in [9.17, 15) is 5.11 Å². The predicted molar refractivity (Wildman–Crippen MR) is 72.4 cm³/mol. The van der Waals surface area contributed by atoms with Gasteiger partial charge in [0.1, 0.15) is 5.75 Å². The summed E-state index contributed by atoms with van der Waals surface area (Å²) < 4.78 is 5.63. The van der Waals surface area contributed by atoms with E-state index in [1.165, 1.54) is 30.2 Å². The third kappa shape index (κ3) is 1.70. The number of aryl methyl sites for hydroxylation is 1. The van der Waals surface area contributed by atoms with E-state index < -0.39 is 0 Å². The summed E-state index contributed by atoms with van der Waals surface area (Å²) in [5, 5.41) is 13.9. The number of benzene rings is 1. The van der Waals surface area contributed by atoms with Crippen molar-refractivity contribution in [3.05, 3.63) is 27.9 Å². The lowest BCUT2D eigenvalue weighted by Gasteiger charge is -2.19. The first-order chi connectivity index (χ1) is 8.68. The van der Waals surface area contributed by atoms with Crippen LogP contribution in [-0.2, 0) is 12.8 Å². The number of phenolic OH excluding ortho intramolecular Hbond substituents is 1. The number of fused-ring (bicyclic) bond motifs is 1. The Balaban J connectivity index is 2.22. The van der Waals surface area contributed by atoms with Gasteiger partial charge >= 0.3 is 0 Å². The second kappa shape index (κ2) is 4.31. The zero-order chi connectivity index (χ0) is 12.7. The van der Waals surface area contributed by atoms with Crippen molar-refractivity contribution in [3.63, 3.8) is 0 Å². The highest BCUT2D eigenvalue weighted by Gasteiger charge is 2.21. The fourth-order valence-corrected chi connectivity index (χ4v) is 3.17. The quantitative estimate of drug-likeness (QED) is 0.848. The molecule has 3 N–H and O–H groups in total. The number of aromatic nitrogens is 1. The molecule has 2 aromatic rings. The Morgan fingerprint density at radius 2 is 2.06 bits per heavy atom. The second-order valence-corrected chi connectivity index (χ2v) is 5.33. The van der Waals surface area contributed by atoms with Gasteiger partial charge in [-0.3, -0.25) is 0 Å². The summed E-state index contributed by atoms with van der Waals surface area (Å²) in [5.41, 5.74) is 9.51. The smallest absolute Gasteiger partial charge is 0.230 e. The number of rotatable bonds is 1. The molecule has 94 valence electrons. The van der Waals surface area contributed by atoms with E-state index >= 15 is 0 Å². The maximum Gasteiger partial charge on any atom is 0.230 e. The minimum absolute atomic E-state index is 0.213. The lowest BCUT2D eigenvalue weighted by molar-refractivity contribution is 0.436. The van der Waals surface area contributed by atoms with Crippen LogP contribution in [0, 0.1) is 0 Å². The van der Waals surface area contributed by atoms with Gasteiger partial charge in [0.15, 0.2) is 0 Å². The van der Waals surface area contributed by atoms with Crippen LogP contribution in [0.3, 0.4) is 0 Å². The lowest BCUT2D eigenvalue weighted by atomic mass is 9.89. The van der Waals surface area contributed by atoms with Crippen LogP contribution in [0.25, 0.3) is 11.1 Å². The Morgan fingerprint density at radius 1 is 1.28 bits per heavy atom. The summed E-state index contributed by atoms with van der Waals surface area (Å²) in [6.07, 6.45) is 5.92. The number of nitrogen functional groups attached to an aromatic ring is 1. The van der Waals surface area contributed by atoms with Gasteiger partial charge in [-0.2, -0.15) is 0 Å². The highest BCUT2D eigenvalue weighted by atomic mass is 79.9. The molecular weight excluding hydrogens is 296 g/mol. The molecule has 5 heteroatoms. The molecule has 0 aliphatic heterocycles. The van der Waals surface area contributed by atoms with Crippen molar-refractivity contribution in [2.45, 2.75) is 25.7 Å². The van der Waals surface area contributed by atoms with E-state index in [1.54, 1.807) is 0 Å². The highest BCUT2D eigenvalue weighted by molar-refractivity contribution is 9.10. The van der Waals surface area contributed by atoms with Crippen LogP contribution in [0.5, 0.6) is 5.75 Å². The van der Waals surface area contributed by atoms with Gasteiger partial charge in [-0.15, -0.1) is 0 Å². The standard InChI is InChI=1S/C13H13BrN2O2/c14-11-8-4-2-1-3-7(8)5-9(12(11)17)10-6-16-18-13(10)15/h5-6,17H,1-4,15H2. The summed E-state index contributed by atoms with van der Waals surface area (Å²) in [6.45, 7) is 0. The molecule has 3 rings (SSSR count). The van der Waals surface area contributed by atoms with E-state index in [1.807, 2.05) is 6.07 Å². The van der Waals surface area contributed by atoms with Crippen LogP contribution in [0.15, 0.2) is 21.3 Å². The number of aromatic hydroxyl groups is 1. The minimum atomic E-state index is 0.213. The van der Waals surface area contributed by atoms with Crippen molar-refractivity contribution in [1.82, 2.24) is 5.16 Å². The zero-order valence-electron chi connectivity index (χ0n) is 9.74. The van der Waals surface area contributed by atoms with Crippen molar-refractivity contribution >= 4 is 21.8 Å². The van der Waals surface area contributed by atoms with Gasteiger partial charge in [0.2, 0.25) is 5.88 Å². The third-order valence-corrected chi connectivity index (χ3v) is 4.30. The Morgan fingerprint density at radius 3 is 2.78 bits per heavy atom. The summed E-state index contributed by atoms with van der Waals surface area (Å²) >= 11 is 3.49. The number of nitrogens with zero attached hydrogens (tertiary/aromatic N) is 1. The van der Waals surface area contributed by atoms with Gasteiger partial charge in [-0.25, -0.2) is 0 Å². The van der Waals surface area contributed by atoms with Crippen LogP contribution in [-0.4, -0.2) is 10.3 Å². The summed E-state index contributed by atoms with van der Waals surface area (Å²) in [7, 11) is 0. The Hall–Kier alpha value is -1.49. The largest absolute Gasteiger partial charge is 0.506 e. The molecule has 0 atom stereocenters. The third-order valence-electron chi connectivity index (χ3n) is 3.45. The van der Waals surface area contributed by atoms with Gasteiger partial charge in [0.05, 0.1) is 16.2 Å². The molecule has 1 aliphatic carbocycles. The zero-order valence-corrected chi connectivity index (χ0v) is 11.3. The molecule has 0 fully saturated rings. The maximum atomic E-state index is 10.3. The van der Waals surface area contributed by atoms with Crippen molar-refractivity contribution < 1.29 is 9.63 Å². The first kappa shape index (κ1) is 11.6. The van der Waals surface area contributed by atoms with E-state index in [0.29, 0.717) is 11.1 Å². The average Bonchev–Trinajstić information content (AvgIpc) is 2.80. The maximum absolute atomic E-state index is 10.3. The van der Waals surface area contributed by atoms with Crippen molar-refractivity contribution in [2.75, 3.05) is 5.73 Å². The van der Waals surface area contributed by atoms with E-state index in [2.05, 4.69) is 21.1 Å². The molecule has 18 heavy (non-hydrogen) atoms. The number of anilines is 1. The number of hydrogen-bond acceptors (Lipinski definition) is 4. The molecule has 0 amide bonds. The van der Waals surface area contributed by atoms with Gasteiger partial charge < -0.3 is 15.4 Å². The molecule has 0 spiro atoms. The van der Waals surface area contributed by atoms with Gasteiger partial charge in [-0.1, -0.05) is 5.16 Å². The van der Waals surface area contributed by atoms with Crippen LogP contribution in [0.4, 0.5) is 5.88 Å². The normalized spacial score (nSPS) is 14.5. The second-order valence-electron chi connectivity index (χ2n) is 4.54. The number of halogens is 1. The molecule has 0 saturated heterocycles.